The molecule has 114 valence electrons. The lowest BCUT2D eigenvalue weighted by Gasteiger charge is -2.30. The van der Waals surface area contributed by atoms with Crippen LogP contribution in [0.1, 0.15) is 31.4 Å². The molecule has 0 N–H and O–H groups in total. The zero-order chi connectivity index (χ0) is 15.6. The van der Waals surface area contributed by atoms with Crippen molar-refractivity contribution in [3.05, 3.63) is 27.3 Å². The summed E-state index contributed by atoms with van der Waals surface area (Å²) in [6.45, 7) is 1.93. The van der Waals surface area contributed by atoms with E-state index in [9.17, 15) is 9.59 Å². The average molecular weight is 403 g/mol. The zero-order valence-electron chi connectivity index (χ0n) is 12.3. The third kappa shape index (κ3) is 3.14. The maximum Gasteiger partial charge on any atom is 0.328 e. The Hall–Kier alpha value is -1.31. The molecule has 6 heteroatoms. The van der Waals surface area contributed by atoms with E-state index in [1.165, 1.54) is 7.11 Å². The number of nitrogens with zero attached hydrogens (tertiary/aromatic N) is 1. The first-order valence-electron chi connectivity index (χ1n) is 6.72. The second-order valence-corrected chi connectivity index (χ2v) is 6.11. The molecule has 2 rings (SSSR count). The van der Waals surface area contributed by atoms with Crippen LogP contribution >= 0.6 is 22.6 Å². The van der Waals surface area contributed by atoms with E-state index in [-0.39, 0.29) is 17.9 Å². The van der Waals surface area contributed by atoms with Gasteiger partial charge in [-0.15, -0.1) is 0 Å². The topological polar surface area (TPSA) is 55.8 Å². The summed E-state index contributed by atoms with van der Waals surface area (Å²) in [4.78, 5) is 25.6. The normalized spacial score (nSPS) is 19.5. The molecule has 0 aromatic heterocycles. The first kappa shape index (κ1) is 16.1. The summed E-state index contributed by atoms with van der Waals surface area (Å²) in [5.74, 6) is 0.434. The molecule has 5 nitrogen and oxygen atoms in total. The van der Waals surface area contributed by atoms with E-state index >= 15 is 0 Å². The quantitative estimate of drug-likeness (QED) is 0.573. The summed E-state index contributed by atoms with van der Waals surface area (Å²) in [7, 11) is 2.97. The molecule has 1 amide bonds. The molecular formula is C15H18INO4. The van der Waals surface area contributed by atoms with Crippen molar-refractivity contribution in [2.45, 2.75) is 31.8 Å². The Kier molecular flexibility index (Phi) is 5.08. The predicted molar refractivity (Wildman–Crippen MR) is 86.0 cm³/mol. The lowest BCUT2D eigenvalue weighted by molar-refractivity contribution is -0.150. The van der Waals surface area contributed by atoms with E-state index in [2.05, 4.69) is 22.6 Å². The number of carbonyl (C=O) groups is 2. The van der Waals surface area contributed by atoms with Crippen molar-refractivity contribution in [3.63, 3.8) is 0 Å². The van der Waals surface area contributed by atoms with Gasteiger partial charge in [-0.05, 0) is 53.6 Å². The number of likely N-dealkylation sites (tertiary alicyclic amines) is 1. The summed E-state index contributed by atoms with van der Waals surface area (Å²) >= 11 is 2.19. The van der Waals surface area contributed by atoms with Crippen LogP contribution in [-0.4, -0.2) is 37.0 Å². The van der Waals surface area contributed by atoms with E-state index in [0.29, 0.717) is 12.8 Å². The summed E-state index contributed by atoms with van der Waals surface area (Å²) in [6, 6.07) is 5.11. The fourth-order valence-corrected chi connectivity index (χ4v) is 3.42. The maximum atomic E-state index is 12.1. The van der Waals surface area contributed by atoms with Gasteiger partial charge in [0.05, 0.1) is 23.8 Å². The highest BCUT2D eigenvalue weighted by Gasteiger charge is 2.39. The first-order chi connectivity index (χ1) is 9.99. The number of ether oxygens (including phenoxy) is 2. The predicted octanol–water partition coefficient (Wildman–Crippen LogP) is 2.52. The molecule has 1 heterocycles. The molecule has 1 aromatic carbocycles. The second-order valence-electron chi connectivity index (χ2n) is 4.95. The Balaban J connectivity index is 2.28. The Bertz CT molecular complexity index is 561. The molecule has 0 radical (unpaired) electrons. The number of amides is 1. The number of carbonyl (C=O) groups excluding carboxylic acids is 2. The van der Waals surface area contributed by atoms with Crippen LogP contribution in [0.3, 0.4) is 0 Å². The molecule has 2 unspecified atom stereocenters. The molecular weight excluding hydrogens is 385 g/mol. The van der Waals surface area contributed by atoms with E-state index in [4.69, 9.17) is 9.47 Å². The van der Waals surface area contributed by atoms with Crippen LogP contribution in [0, 0.1) is 3.57 Å². The molecule has 0 aliphatic carbocycles. The van der Waals surface area contributed by atoms with Crippen molar-refractivity contribution in [3.8, 4) is 5.75 Å². The maximum absolute atomic E-state index is 12.1. The number of methoxy groups -OCH3 is 2. The van der Waals surface area contributed by atoms with Crippen LogP contribution in [0.25, 0.3) is 0 Å². The fraction of sp³-hybridized carbons (Fsp3) is 0.467. The Labute approximate surface area is 137 Å². The Morgan fingerprint density at radius 1 is 1.43 bits per heavy atom. The molecule has 1 aliphatic heterocycles. The third-order valence-corrected chi connectivity index (χ3v) is 4.65. The molecule has 21 heavy (non-hydrogen) atoms. The van der Waals surface area contributed by atoms with E-state index in [1.807, 2.05) is 25.1 Å². The third-order valence-electron chi connectivity index (χ3n) is 3.80. The SMILES string of the molecule is COC(=O)C1CCC(=O)N1C(C)c1ccc(OC)c(I)c1. The smallest absolute Gasteiger partial charge is 0.328 e. The van der Waals surface area contributed by atoms with Gasteiger partial charge in [0, 0.05) is 6.42 Å². The van der Waals surface area contributed by atoms with E-state index < -0.39 is 6.04 Å². The molecule has 1 aliphatic rings. The summed E-state index contributed by atoms with van der Waals surface area (Å²) in [5, 5.41) is 0. The van der Waals surface area contributed by atoms with Gasteiger partial charge in [0.15, 0.2) is 0 Å². The van der Waals surface area contributed by atoms with Crippen LogP contribution in [0.2, 0.25) is 0 Å². The number of hydrogen-bond acceptors (Lipinski definition) is 4. The molecule has 1 saturated heterocycles. The van der Waals surface area contributed by atoms with Gasteiger partial charge in [-0.1, -0.05) is 6.07 Å². The van der Waals surface area contributed by atoms with Crippen molar-refractivity contribution in [1.29, 1.82) is 0 Å². The number of hydrogen-bond donors (Lipinski definition) is 0. The summed E-state index contributed by atoms with van der Waals surface area (Å²) in [6.07, 6.45) is 0.903. The molecule has 0 spiro atoms. The minimum absolute atomic E-state index is 0.0104. The first-order valence-corrected chi connectivity index (χ1v) is 7.80. The van der Waals surface area contributed by atoms with Gasteiger partial charge in [-0.3, -0.25) is 4.79 Å². The lowest BCUT2D eigenvalue weighted by atomic mass is 10.1. The zero-order valence-corrected chi connectivity index (χ0v) is 14.4. The Morgan fingerprint density at radius 3 is 2.71 bits per heavy atom. The fourth-order valence-electron chi connectivity index (χ4n) is 2.66. The van der Waals surface area contributed by atoms with Crippen LogP contribution in [-0.2, 0) is 14.3 Å². The Morgan fingerprint density at radius 2 is 2.14 bits per heavy atom. The van der Waals surface area contributed by atoms with Crippen molar-refractivity contribution >= 4 is 34.5 Å². The van der Waals surface area contributed by atoms with Gasteiger partial charge in [0.25, 0.3) is 0 Å². The molecule has 0 saturated carbocycles. The van der Waals surface area contributed by atoms with Gasteiger partial charge < -0.3 is 14.4 Å². The summed E-state index contributed by atoms with van der Waals surface area (Å²) < 4.78 is 11.0. The van der Waals surface area contributed by atoms with E-state index in [1.54, 1.807) is 12.0 Å². The van der Waals surface area contributed by atoms with Gasteiger partial charge in [0.1, 0.15) is 11.8 Å². The largest absolute Gasteiger partial charge is 0.496 e. The number of esters is 1. The van der Waals surface area contributed by atoms with Crippen molar-refractivity contribution < 1.29 is 19.1 Å². The highest BCUT2D eigenvalue weighted by molar-refractivity contribution is 14.1. The minimum atomic E-state index is -0.489. The molecule has 2 atom stereocenters. The van der Waals surface area contributed by atoms with Gasteiger partial charge in [-0.25, -0.2) is 4.79 Å². The number of benzene rings is 1. The molecule has 1 aromatic rings. The highest BCUT2D eigenvalue weighted by Crippen LogP contribution is 2.33. The average Bonchev–Trinajstić information content (AvgIpc) is 2.87. The van der Waals surface area contributed by atoms with E-state index in [0.717, 1.165) is 14.9 Å². The van der Waals surface area contributed by atoms with Gasteiger partial charge >= 0.3 is 5.97 Å². The minimum Gasteiger partial charge on any atom is -0.496 e. The number of halogens is 1. The van der Waals surface area contributed by atoms with Crippen molar-refractivity contribution in [1.82, 2.24) is 4.90 Å². The number of rotatable bonds is 4. The van der Waals surface area contributed by atoms with Crippen molar-refractivity contribution in [2.75, 3.05) is 14.2 Å². The van der Waals surface area contributed by atoms with Crippen LogP contribution in [0.4, 0.5) is 0 Å². The van der Waals surface area contributed by atoms with Crippen LogP contribution in [0.5, 0.6) is 5.75 Å². The second kappa shape index (κ2) is 6.64. The molecule has 0 bridgehead atoms. The lowest BCUT2D eigenvalue weighted by Crippen LogP contribution is -2.40. The van der Waals surface area contributed by atoms with Crippen molar-refractivity contribution in [2.24, 2.45) is 0 Å². The van der Waals surface area contributed by atoms with Crippen LogP contribution < -0.4 is 4.74 Å². The molecule has 1 fully saturated rings. The van der Waals surface area contributed by atoms with Gasteiger partial charge in [-0.2, -0.15) is 0 Å². The monoisotopic (exact) mass is 403 g/mol. The standard InChI is InChI=1S/C15H18INO4/c1-9(10-4-6-13(20-2)11(16)8-10)17-12(15(19)21-3)5-7-14(17)18/h4,6,8-9,12H,5,7H2,1-3H3. The van der Waals surface area contributed by atoms with Gasteiger partial charge in [0.2, 0.25) is 5.91 Å². The highest BCUT2D eigenvalue weighted by atomic mass is 127. The summed E-state index contributed by atoms with van der Waals surface area (Å²) in [5.41, 5.74) is 0.976. The van der Waals surface area contributed by atoms with Crippen LogP contribution in [0.15, 0.2) is 18.2 Å².